The number of fused-ring (bicyclic) bond motifs is 1. The van der Waals surface area contributed by atoms with Crippen LogP contribution in [0.1, 0.15) is 45.5 Å². The lowest BCUT2D eigenvalue weighted by atomic mass is 10.00. The van der Waals surface area contributed by atoms with Gasteiger partial charge in [-0.05, 0) is 42.2 Å². The first-order valence-electron chi connectivity index (χ1n) is 9.55. The maximum atomic E-state index is 10.9. The van der Waals surface area contributed by atoms with E-state index in [2.05, 4.69) is 46.1 Å². The summed E-state index contributed by atoms with van der Waals surface area (Å²) in [5, 5.41) is 9.56. The van der Waals surface area contributed by atoms with Crippen LogP contribution >= 0.6 is 11.3 Å². The number of aromatic nitrogens is 4. The van der Waals surface area contributed by atoms with Crippen LogP contribution in [0, 0.1) is 5.92 Å². The Morgan fingerprint density at radius 1 is 1.24 bits per heavy atom. The number of ether oxygens (including phenoxy) is 1. The zero-order valence-electron chi connectivity index (χ0n) is 16.4. The van der Waals surface area contributed by atoms with Gasteiger partial charge in [0.2, 0.25) is 0 Å². The third kappa shape index (κ3) is 4.51. The van der Waals surface area contributed by atoms with Crippen LogP contribution < -0.4 is 4.74 Å². The largest absolute Gasteiger partial charge is 0.485 e. The quantitative estimate of drug-likeness (QED) is 0.433. The molecular formula is C22H22N4O2S. The summed E-state index contributed by atoms with van der Waals surface area (Å²) in [5.41, 5.74) is 3.85. The Balaban J connectivity index is 1.67. The van der Waals surface area contributed by atoms with Crippen LogP contribution in [0.5, 0.6) is 5.75 Å². The standard InChI is InChI=1S/C22H22N4O2S/c1-14(2)7-15-8-18-19(10-21-24-11-17(12-27)29-21)25-26-22(18)20(9-15)28-13-16-5-3-4-6-23-16/h3-6,8-9,11-12,14H,7,10,13H2,1-2H3,(H,25,26). The second-order valence-electron chi connectivity index (χ2n) is 7.35. The number of carbonyl (C=O) groups excluding carboxylic acids is 1. The predicted octanol–water partition coefficient (Wildman–Crippen LogP) is 4.60. The maximum absolute atomic E-state index is 10.9. The molecule has 0 atom stereocenters. The second kappa shape index (κ2) is 8.53. The van der Waals surface area contributed by atoms with E-state index in [1.807, 2.05) is 18.2 Å². The molecule has 29 heavy (non-hydrogen) atoms. The number of hydrogen-bond donors (Lipinski definition) is 1. The monoisotopic (exact) mass is 406 g/mol. The van der Waals surface area contributed by atoms with Gasteiger partial charge < -0.3 is 4.74 Å². The first-order chi connectivity index (χ1) is 14.1. The summed E-state index contributed by atoms with van der Waals surface area (Å²) < 4.78 is 6.11. The molecular weight excluding hydrogens is 384 g/mol. The lowest BCUT2D eigenvalue weighted by Crippen LogP contribution is -2.00. The number of aldehydes is 1. The molecule has 0 spiro atoms. The minimum Gasteiger partial charge on any atom is -0.485 e. The second-order valence-corrected chi connectivity index (χ2v) is 8.50. The van der Waals surface area contributed by atoms with Crippen LogP contribution in [0.2, 0.25) is 0 Å². The highest BCUT2D eigenvalue weighted by atomic mass is 32.1. The summed E-state index contributed by atoms with van der Waals surface area (Å²) >= 11 is 1.40. The topological polar surface area (TPSA) is 80.8 Å². The average Bonchev–Trinajstić information content (AvgIpc) is 3.34. The Labute approximate surface area is 173 Å². The van der Waals surface area contributed by atoms with Gasteiger partial charge in [0.1, 0.15) is 17.9 Å². The molecule has 0 saturated heterocycles. The first kappa shape index (κ1) is 19.3. The van der Waals surface area contributed by atoms with E-state index in [1.54, 1.807) is 12.4 Å². The van der Waals surface area contributed by atoms with Gasteiger partial charge in [0.25, 0.3) is 0 Å². The number of aromatic amines is 1. The number of hydrogen-bond acceptors (Lipinski definition) is 6. The average molecular weight is 407 g/mol. The molecule has 1 N–H and O–H groups in total. The van der Waals surface area contributed by atoms with E-state index in [9.17, 15) is 4.79 Å². The highest BCUT2D eigenvalue weighted by molar-refractivity contribution is 7.13. The molecule has 0 radical (unpaired) electrons. The predicted molar refractivity (Wildman–Crippen MR) is 114 cm³/mol. The molecule has 0 bridgehead atoms. The van der Waals surface area contributed by atoms with Crippen molar-refractivity contribution in [3.63, 3.8) is 0 Å². The summed E-state index contributed by atoms with van der Waals surface area (Å²) in [4.78, 5) is 20.2. The van der Waals surface area contributed by atoms with E-state index >= 15 is 0 Å². The van der Waals surface area contributed by atoms with Crippen LogP contribution in [0.3, 0.4) is 0 Å². The van der Waals surface area contributed by atoms with Gasteiger partial charge in [-0.1, -0.05) is 19.9 Å². The number of H-pyrrole nitrogens is 1. The number of thiazole rings is 1. The minimum absolute atomic E-state index is 0.387. The van der Waals surface area contributed by atoms with Crippen LogP contribution in [0.4, 0.5) is 0 Å². The molecule has 0 aliphatic rings. The normalized spacial score (nSPS) is 11.3. The third-order valence-electron chi connectivity index (χ3n) is 4.52. The highest BCUT2D eigenvalue weighted by Crippen LogP contribution is 2.31. The van der Waals surface area contributed by atoms with Crippen LogP contribution in [0.15, 0.2) is 42.7 Å². The fraction of sp³-hybridized carbons (Fsp3) is 0.273. The molecule has 4 rings (SSSR count). The number of rotatable bonds is 8. The van der Waals surface area contributed by atoms with E-state index in [0.717, 1.165) is 45.8 Å². The van der Waals surface area contributed by atoms with Crippen molar-refractivity contribution in [1.82, 2.24) is 20.2 Å². The zero-order valence-corrected chi connectivity index (χ0v) is 17.2. The molecule has 148 valence electrons. The Bertz CT molecular complexity index is 1120. The summed E-state index contributed by atoms with van der Waals surface area (Å²) in [6.45, 7) is 4.79. The van der Waals surface area contributed by atoms with Crippen molar-refractivity contribution < 1.29 is 9.53 Å². The Morgan fingerprint density at radius 3 is 2.86 bits per heavy atom. The molecule has 7 heteroatoms. The maximum Gasteiger partial charge on any atom is 0.161 e. The van der Waals surface area contributed by atoms with Crippen molar-refractivity contribution in [3.05, 3.63) is 69.6 Å². The number of pyridine rings is 1. The molecule has 0 saturated carbocycles. The van der Waals surface area contributed by atoms with Crippen molar-refractivity contribution in [2.24, 2.45) is 5.92 Å². The van der Waals surface area contributed by atoms with Crippen molar-refractivity contribution in [2.45, 2.75) is 33.3 Å². The molecule has 4 aromatic rings. The van der Waals surface area contributed by atoms with Crippen molar-refractivity contribution >= 4 is 28.5 Å². The van der Waals surface area contributed by atoms with E-state index in [1.165, 1.54) is 16.9 Å². The molecule has 3 aromatic heterocycles. The summed E-state index contributed by atoms with van der Waals surface area (Å²) in [6, 6.07) is 10.0. The van der Waals surface area contributed by atoms with Gasteiger partial charge in [-0.25, -0.2) is 4.98 Å². The lowest BCUT2D eigenvalue weighted by Gasteiger charge is -2.11. The number of carbonyl (C=O) groups is 1. The smallest absolute Gasteiger partial charge is 0.161 e. The number of nitrogens with zero attached hydrogens (tertiary/aromatic N) is 3. The molecule has 0 fully saturated rings. The molecule has 0 aliphatic carbocycles. The van der Waals surface area contributed by atoms with E-state index in [-0.39, 0.29) is 0 Å². The van der Waals surface area contributed by atoms with Gasteiger partial charge in [0.15, 0.2) is 6.29 Å². The van der Waals surface area contributed by atoms with Crippen LogP contribution in [-0.2, 0) is 19.4 Å². The van der Waals surface area contributed by atoms with E-state index in [4.69, 9.17) is 4.74 Å². The van der Waals surface area contributed by atoms with Gasteiger partial charge in [0, 0.05) is 29.9 Å². The number of benzene rings is 1. The van der Waals surface area contributed by atoms with Gasteiger partial charge in [-0.15, -0.1) is 11.3 Å². The van der Waals surface area contributed by atoms with Crippen LogP contribution in [0.25, 0.3) is 10.9 Å². The fourth-order valence-electron chi connectivity index (χ4n) is 3.27. The minimum atomic E-state index is 0.387. The molecule has 0 aliphatic heterocycles. The Kier molecular flexibility index (Phi) is 5.67. The van der Waals surface area contributed by atoms with Crippen LogP contribution in [-0.4, -0.2) is 26.5 Å². The highest BCUT2D eigenvalue weighted by Gasteiger charge is 2.15. The molecule has 1 aromatic carbocycles. The van der Waals surface area contributed by atoms with E-state index < -0.39 is 0 Å². The lowest BCUT2D eigenvalue weighted by molar-refractivity contribution is 0.112. The molecule has 3 heterocycles. The van der Waals surface area contributed by atoms with Gasteiger partial charge in [0.05, 0.1) is 15.6 Å². The van der Waals surface area contributed by atoms with Crippen molar-refractivity contribution in [2.75, 3.05) is 0 Å². The Morgan fingerprint density at radius 2 is 2.14 bits per heavy atom. The van der Waals surface area contributed by atoms with Gasteiger partial charge in [-0.3, -0.25) is 14.9 Å². The molecule has 0 unspecified atom stereocenters. The zero-order chi connectivity index (χ0) is 20.2. The SMILES string of the molecule is CC(C)Cc1cc(OCc2ccccn2)c2n[nH]c(Cc3ncc(C=O)s3)c2c1. The van der Waals surface area contributed by atoms with Crippen molar-refractivity contribution in [3.8, 4) is 5.75 Å². The Hall–Kier alpha value is -3.06. The first-order valence-corrected chi connectivity index (χ1v) is 10.4. The van der Waals surface area contributed by atoms with E-state index in [0.29, 0.717) is 23.8 Å². The van der Waals surface area contributed by atoms with Crippen molar-refractivity contribution in [1.29, 1.82) is 0 Å². The summed E-state index contributed by atoms with van der Waals surface area (Å²) in [6.07, 6.45) is 5.75. The summed E-state index contributed by atoms with van der Waals surface area (Å²) in [5.74, 6) is 1.28. The summed E-state index contributed by atoms with van der Waals surface area (Å²) in [7, 11) is 0. The third-order valence-corrected chi connectivity index (χ3v) is 5.45. The fourth-order valence-corrected chi connectivity index (χ4v) is 4.02. The van der Waals surface area contributed by atoms with Gasteiger partial charge in [-0.2, -0.15) is 5.10 Å². The molecule has 0 amide bonds. The molecule has 6 nitrogen and oxygen atoms in total. The number of nitrogens with one attached hydrogen (secondary N) is 1. The van der Waals surface area contributed by atoms with Gasteiger partial charge >= 0.3 is 0 Å².